The molecule has 1 aliphatic rings. The molecule has 2 aromatic carbocycles. The van der Waals surface area contributed by atoms with Crippen LogP contribution in [0, 0.1) is 0 Å². The summed E-state index contributed by atoms with van der Waals surface area (Å²) in [5, 5.41) is 7.66. The zero-order chi connectivity index (χ0) is 18.8. The minimum atomic E-state index is -0.386. The lowest BCUT2D eigenvalue weighted by molar-refractivity contribution is 0.102. The first-order valence-corrected chi connectivity index (χ1v) is 8.64. The molecule has 0 spiro atoms. The Labute approximate surface area is 160 Å². The SMILES string of the molecule is O=C(Nc1cccc(N2CCOC2=O)c1)c1cnn(-c2ccc(Cl)cc2)c1. The van der Waals surface area contributed by atoms with Gasteiger partial charge in [-0.25, -0.2) is 9.48 Å². The third-order valence-electron chi connectivity index (χ3n) is 4.11. The minimum absolute atomic E-state index is 0.295. The van der Waals surface area contributed by atoms with Crippen molar-refractivity contribution in [2.24, 2.45) is 0 Å². The van der Waals surface area contributed by atoms with E-state index in [1.807, 2.05) is 12.1 Å². The molecule has 7 nitrogen and oxygen atoms in total. The highest BCUT2D eigenvalue weighted by Gasteiger charge is 2.23. The van der Waals surface area contributed by atoms with Crippen LogP contribution >= 0.6 is 11.6 Å². The van der Waals surface area contributed by atoms with Crippen molar-refractivity contribution in [3.63, 3.8) is 0 Å². The second-order valence-electron chi connectivity index (χ2n) is 5.92. The molecule has 1 fully saturated rings. The minimum Gasteiger partial charge on any atom is -0.447 e. The van der Waals surface area contributed by atoms with Gasteiger partial charge in [0.2, 0.25) is 0 Å². The smallest absolute Gasteiger partial charge is 0.414 e. The topological polar surface area (TPSA) is 76.5 Å². The van der Waals surface area contributed by atoms with Crippen molar-refractivity contribution < 1.29 is 14.3 Å². The highest BCUT2D eigenvalue weighted by molar-refractivity contribution is 6.30. The van der Waals surface area contributed by atoms with Gasteiger partial charge in [0.25, 0.3) is 5.91 Å². The summed E-state index contributed by atoms with van der Waals surface area (Å²) in [4.78, 5) is 25.7. The normalized spacial score (nSPS) is 13.5. The van der Waals surface area contributed by atoms with E-state index in [2.05, 4.69) is 10.4 Å². The molecule has 1 saturated heterocycles. The largest absolute Gasteiger partial charge is 0.447 e. The summed E-state index contributed by atoms with van der Waals surface area (Å²) >= 11 is 5.89. The Morgan fingerprint density at radius 1 is 1.15 bits per heavy atom. The van der Waals surface area contributed by atoms with Gasteiger partial charge in [0.1, 0.15) is 6.61 Å². The lowest BCUT2D eigenvalue weighted by Crippen LogP contribution is -2.23. The van der Waals surface area contributed by atoms with E-state index in [0.29, 0.717) is 35.1 Å². The number of cyclic esters (lactones) is 1. The van der Waals surface area contributed by atoms with Crippen LogP contribution in [0.5, 0.6) is 0 Å². The molecule has 4 rings (SSSR count). The first kappa shape index (κ1) is 17.1. The lowest BCUT2D eigenvalue weighted by atomic mass is 10.2. The van der Waals surface area contributed by atoms with Gasteiger partial charge < -0.3 is 10.1 Å². The lowest BCUT2D eigenvalue weighted by Gasteiger charge is -2.14. The average molecular weight is 383 g/mol. The third-order valence-corrected chi connectivity index (χ3v) is 4.36. The summed E-state index contributed by atoms with van der Waals surface area (Å²) in [6, 6.07) is 14.2. The van der Waals surface area contributed by atoms with Crippen LogP contribution in [0.2, 0.25) is 5.02 Å². The summed E-state index contributed by atoms with van der Waals surface area (Å²) in [6.45, 7) is 0.851. The fourth-order valence-corrected chi connectivity index (χ4v) is 2.88. The Morgan fingerprint density at radius 3 is 2.70 bits per heavy atom. The number of ether oxygens (including phenoxy) is 1. The van der Waals surface area contributed by atoms with Crippen LogP contribution in [0.3, 0.4) is 0 Å². The summed E-state index contributed by atoms with van der Waals surface area (Å²) in [7, 11) is 0. The molecule has 0 aliphatic carbocycles. The van der Waals surface area contributed by atoms with Crippen molar-refractivity contribution in [3.05, 3.63) is 71.5 Å². The molecule has 3 aromatic rings. The molecule has 1 aliphatic heterocycles. The standard InChI is InChI=1S/C19H15ClN4O3/c20-14-4-6-16(7-5-14)24-12-13(11-21-24)18(25)22-15-2-1-3-17(10-15)23-8-9-27-19(23)26/h1-7,10-12H,8-9H2,(H,22,25). The molecule has 0 bridgehead atoms. The van der Waals surface area contributed by atoms with Crippen LogP contribution in [0.15, 0.2) is 60.9 Å². The van der Waals surface area contributed by atoms with Crippen molar-refractivity contribution >= 4 is 35.0 Å². The Morgan fingerprint density at radius 2 is 1.96 bits per heavy atom. The predicted molar refractivity (Wildman–Crippen MR) is 102 cm³/mol. The quantitative estimate of drug-likeness (QED) is 0.745. The molecule has 1 N–H and O–H groups in total. The van der Waals surface area contributed by atoms with Crippen LogP contribution in [-0.2, 0) is 4.74 Å². The molecular formula is C19H15ClN4O3. The molecule has 2 heterocycles. The zero-order valence-corrected chi connectivity index (χ0v) is 14.9. The van der Waals surface area contributed by atoms with E-state index in [0.717, 1.165) is 5.69 Å². The molecule has 2 amide bonds. The number of benzene rings is 2. The number of carbonyl (C=O) groups is 2. The Balaban J connectivity index is 1.50. The van der Waals surface area contributed by atoms with E-state index < -0.39 is 0 Å². The van der Waals surface area contributed by atoms with Gasteiger partial charge in [0.05, 0.1) is 24.0 Å². The molecule has 136 valence electrons. The van der Waals surface area contributed by atoms with Crippen molar-refractivity contribution in [2.75, 3.05) is 23.4 Å². The molecule has 0 radical (unpaired) electrons. The number of amides is 2. The Kier molecular flexibility index (Phi) is 4.52. The summed E-state index contributed by atoms with van der Waals surface area (Å²) < 4.78 is 6.54. The molecule has 8 heteroatoms. The Bertz CT molecular complexity index is 1000. The van der Waals surface area contributed by atoms with Gasteiger partial charge in [-0.2, -0.15) is 5.10 Å². The summed E-state index contributed by atoms with van der Waals surface area (Å²) in [6.07, 6.45) is 2.74. The monoisotopic (exact) mass is 382 g/mol. The van der Waals surface area contributed by atoms with E-state index in [1.165, 1.54) is 11.1 Å². The van der Waals surface area contributed by atoms with Crippen molar-refractivity contribution in [1.82, 2.24) is 9.78 Å². The molecule has 27 heavy (non-hydrogen) atoms. The molecule has 1 aromatic heterocycles. The maximum Gasteiger partial charge on any atom is 0.414 e. The van der Waals surface area contributed by atoms with Crippen molar-refractivity contribution in [1.29, 1.82) is 0 Å². The first-order chi connectivity index (χ1) is 13.1. The van der Waals surface area contributed by atoms with Crippen LogP contribution in [0.25, 0.3) is 5.69 Å². The fraction of sp³-hybridized carbons (Fsp3) is 0.105. The molecule has 0 atom stereocenters. The van der Waals surface area contributed by atoms with Crippen molar-refractivity contribution in [2.45, 2.75) is 0 Å². The maximum atomic E-state index is 12.5. The highest BCUT2D eigenvalue weighted by atomic mass is 35.5. The summed E-state index contributed by atoms with van der Waals surface area (Å²) in [5.41, 5.74) is 2.47. The van der Waals surface area contributed by atoms with Gasteiger partial charge in [-0.15, -0.1) is 0 Å². The van der Waals surface area contributed by atoms with Gasteiger partial charge >= 0.3 is 6.09 Å². The number of hydrogen-bond donors (Lipinski definition) is 1. The maximum absolute atomic E-state index is 12.5. The van der Waals surface area contributed by atoms with E-state index >= 15 is 0 Å². The number of aromatic nitrogens is 2. The second kappa shape index (κ2) is 7.13. The number of anilines is 2. The van der Waals surface area contributed by atoms with Gasteiger partial charge in [-0.05, 0) is 42.5 Å². The van der Waals surface area contributed by atoms with Gasteiger partial charge in [-0.1, -0.05) is 17.7 Å². The summed E-state index contributed by atoms with van der Waals surface area (Å²) in [5.74, 6) is -0.295. The van der Waals surface area contributed by atoms with Gasteiger partial charge in [0.15, 0.2) is 0 Å². The zero-order valence-electron chi connectivity index (χ0n) is 14.1. The molecular weight excluding hydrogens is 368 g/mol. The predicted octanol–water partition coefficient (Wildman–Crippen LogP) is 3.73. The van der Waals surface area contributed by atoms with E-state index in [1.54, 1.807) is 47.3 Å². The van der Waals surface area contributed by atoms with E-state index in [4.69, 9.17) is 16.3 Å². The number of rotatable bonds is 4. The number of nitrogens with one attached hydrogen (secondary N) is 1. The molecule has 0 saturated carbocycles. The van der Waals surface area contributed by atoms with E-state index in [-0.39, 0.29) is 12.0 Å². The number of nitrogens with zero attached hydrogens (tertiary/aromatic N) is 3. The fourth-order valence-electron chi connectivity index (χ4n) is 2.76. The Hall–Kier alpha value is -3.32. The highest BCUT2D eigenvalue weighted by Crippen LogP contribution is 2.23. The first-order valence-electron chi connectivity index (χ1n) is 8.26. The molecule has 0 unspecified atom stereocenters. The van der Waals surface area contributed by atoms with Gasteiger partial charge in [-0.3, -0.25) is 9.69 Å². The third kappa shape index (κ3) is 3.63. The average Bonchev–Trinajstić information content (AvgIpc) is 3.32. The van der Waals surface area contributed by atoms with Crippen LogP contribution < -0.4 is 10.2 Å². The van der Waals surface area contributed by atoms with E-state index in [9.17, 15) is 9.59 Å². The van der Waals surface area contributed by atoms with Crippen molar-refractivity contribution in [3.8, 4) is 5.69 Å². The second-order valence-corrected chi connectivity index (χ2v) is 6.36. The van der Waals surface area contributed by atoms with Crippen LogP contribution in [-0.4, -0.2) is 34.9 Å². The van der Waals surface area contributed by atoms with Gasteiger partial charge in [0, 0.05) is 22.6 Å². The number of carbonyl (C=O) groups excluding carboxylic acids is 2. The van der Waals surface area contributed by atoms with Crippen LogP contribution in [0.1, 0.15) is 10.4 Å². The number of hydrogen-bond acceptors (Lipinski definition) is 4. The number of halogens is 1. The van der Waals surface area contributed by atoms with Crippen LogP contribution in [0.4, 0.5) is 16.2 Å².